The Hall–Kier alpha value is -2.01. The topological polar surface area (TPSA) is 64.0 Å². The van der Waals surface area contributed by atoms with Gasteiger partial charge in [0.2, 0.25) is 0 Å². The van der Waals surface area contributed by atoms with Crippen LogP contribution in [0.15, 0.2) is 42.7 Å². The molecule has 0 spiro atoms. The molecule has 2 N–H and O–H groups in total. The molecule has 0 amide bonds. The lowest BCUT2D eigenvalue weighted by atomic mass is 10.1. The molecule has 2 rings (SSSR count). The number of aliphatic hydroxyl groups is 1. The predicted molar refractivity (Wildman–Crippen MR) is 129 cm³/mol. The monoisotopic (exact) mass is 432 g/mol. The fourth-order valence-corrected chi connectivity index (χ4v) is 3.67. The molecule has 1 aliphatic rings. The van der Waals surface area contributed by atoms with E-state index in [4.69, 9.17) is 10.2 Å². The lowest BCUT2D eigenvalue weighted by Crippen LogP contribution is -2.23. The fraction of sp³-hybridized carbons (Fsp3) is 0.654. The molecule has 1 heterocycles. The molecule has 0 aliphatic carbocycles. The number of hydrogen-bond acceptors (Lipinski definition) is 4. The summed E-state index contributed by atoms with van der Waals surface area (Å²) >= 11 is 0. The SMILES string of the molecule is CCCCCCCCCCCCCCN1C=CN(C)C1.O=C(O)C(O)c1ccccc1. The molecule has 1 aliphatic heterocycles. The number of carboxylic acids is 1. The molecular weight excluding hydrogens is 388 g/mol. The zero-order valence-corrected chi connectivity index (χ0v) is 19.7. The number of carboxylic acid groups (broad SMARTS) is 1. The lowest BCUT2D eigenvalue weighted by molar-refractivity contribution is -0.146. The molecule has 0 bridgehead atoms. The second kappa shape index (κ2) is 17.6. The van der Waals surface area contributed by atoms with Crippen LogP contribution in [0.4, 0.5) is 0 Å². The van der Waals surface area contributed by atoms with Gasteiger partial charge in [0.15, 0.2) is 6.10 Å². The maximum absolute atomic E-state index is 10.2. The normalized spacial score (nSPS) is 13.8. The van der Waals surface area contributed by atoms with E-state index in [0.29, 0.717) is 5.56 Å². The molecular formula is C26H44N2O3. The quantitative estimate of drug-likeness (QED) is 0.325. The molecule has 176 valence electrons. The Morgan fingerprint density at radius 2 is 1.39 bits per heavy atom. The lowest BCUT2D eigenvalue weighted by Gasteiger charge is -2.17. The Balaban J connectivity index is 0.000000367. The van der Waals surface area contributed by atoms with Gasteiger partial charge in [0.1, 0.15) is 0 Å². The van der Waals surface area contributed by atoms with E-state index in [9.17, 15) is 4.79 Å². The van der Waals surface area contributed by atoms with Gasteiger partial charge in [-0.25, -0.2) is 4.79 Å². The minimum absolute atomic E-state index is 0.403. The van der Waals surface area contributed by atoms with Crippen molar-refractivity contribution in [1.82, 2.24) is 9.80 Å². The van der Waals surface area contributed by atoms with Crippen LogP contribution in [-0.4, -0.2) is 46.2 Å². The van der Waals surface area contributed by atoms with Gasteiger partial charge in [-0.15, -0.1) is 0 Å². The smallest absolute Gasteiger partial charge is 0.337 e. The third-order valence-electron chi connectivity index (χ3n) is 5.58. The summed E-state index contributed by atoms with van der Waals surface area (Å²) in [5.41, 5.74) is 0.403. The summed E-state index contributed by atoms with van der Waals surface area (Å²) in [5.74, 6) is -1.23. The van der Waals surface area contributed by atoms with Crippen LogP contribution in [0.1, 0.15) is 95.6 Å². The number of rotatable bonds is 15. The van der Waals surface area contributed by atoms with Crippen molar-refractivity contribution in [1.29, 1.82) is 0 Å². The van der Waals surface area contributed by atoms with Gasteiger partial charge >= 0.3 is 5.97 Å². The van der Waals surface area contributed by atoms with Crippen LogP contribution in [0.5, 0.6) is 0 Å². The number of nitrogens with zero attached hydrogens (tertiary/aromatic N) is 2. The van der Waals surface area contributed by atoms with E-state index in [1.807, 2.05) is 0 Å². The van der Waals surface area contributed by atoms with Crippen LogP contribution in [-0.2, 0) is 4.79 Å². The largest absolute Gasteiger partial charge is 0.479 e. The van der Waals surface area contributed by atoms with E-state index in [1.165, 1.54) is 83.6 Å². The summed E-state index contributed by atoms with van der Waals surface area (Å²) in [7, 11) is 2.14. The minimum atomic E-state index is -1.41. The van der Waals surface area contributed by atoms with Crippen LogP contribution < -0.4 is 0 Å². The van der Waals surface area contributed by atoms with Gasteiger partial charge in [-0.2, -0.15) is 0 Å². The molecule has 5 nitrogen and oxygen atoms in total. The van der Waals surface area contributed by atoms with E-state index < -0.39 is 12.1 Å². The Kier molecular flexibility index (Phi) is 15.4. The number of carbonyl (C=O) groups is 1. The molecule has 0 aromatic heterocycles. The van der Waals surface area contributed by atoms with Gasteiger partial charge < -0.3 is 20.0 Å². The van der Waals surface area contributed by atoms with Crippen LogP contribution in [0.3, 0.4) is 0 Å². The van der Waals surface area contributed by atoms with Crippen molar-refractivity contribution in [2.45, 2.75) is 90.1 Å². The maximum Gasteiger partial charge on any atom is 0.337 e. The van der Waals surface area contributed by atoms with Crippen LogP contribution in [0.25, 0.3) is 0 Å². The molecule has 1 unspecified atom stereocenters. The molecule has 5 heteroatoms. The van der Waals surface area contributed by atoms with E-state index >= 15 is 0 Å². The highest BCUT2D eigenvalue weighted by atomic mass is 16.4. The van der Waals surface area contributed by atoms with Crippen LogP contribution >= 0.6 is 0 Å². The number of aliphatic hydroxyl groups excluding tert-OH is 1. The zero-order valence-electron chi connectivity index (χ0n) is 19.7. The van der Waals surface area contributed by atoms with Crippen molar-refractivity contribution in [2.75, 3.05) is 20.3 Å². The minimum Gasteiger partial charge on any atom is -0.479 e. The summed E-state index contributed by atoms with van der Waals surface area (Å²) in [6, 6.07) is 8.26. The number of benzene rings is 1. The molecule has 0 fully saturated rings. The van der Waals surface area contributed by atoms with Crippen molar-refractivity contribution in [3.63, 3.8) is 0 Å². The Morgan fingerprint density at radius 3 is 1.84 bits per heavy atom. The number of hydrogen-bond donors (Lipinski definition) is 2. The molecule has 0 saturated heterocycles. The van der Waals surface area contributed by atoms with Gasteiger partial charge in [0.25, 0.3) is 0 Å². The Labute approximate surface area is 189 Å². The van der Waals surface area contributed by atoms with Crippen molar-refractivity contribution >= 4 is 5.97 Å². The summed E-state index contributed by atoms with van der Waals surface area (Å²) in [6.07, 6.45) is 20.2. The Bertz CT molecular complexity index is 592. The molecule has 0 radical (unpaired) electrons. The average molecular weight is 433 g/mol. The van der Waals surface area contributed by atoms with E-state index in [-0.39, 0.29) is 0 Å². The van der Waals surface area contributed by atoms with Gasteiger partial charge in [-0.3, -0.25) is 0 Å². The highest BCUT2D eigenvalue weighted by molar-refractivity contribution is 5.73. The second-order valence-corrected chi connectivity index (χ2v) is 8.55. The number of aliphatic carboxylic acids is 1. The van der Waals surface area contributed by atoms with Crippen molar-refractivity contribution in [3.8, 4) is 0 Å². The zero-order chi connectivity index (χ0) is 22.7. The van der Waals surface area contributed by atoms with Crippen molar-refractivity contribution in [3.05, 3.63) is 48.3 Å². The molecule has 31 heavy (non-hydrogen) atoms. The fourth-order valence-electron chi connectivity index (χ4n) is 3.67. The summed E-state index contributed by atoms with van der Waals surface area (Å²) in [6.45, 7) is 4.61. The Morgan fingerprint density at radius 1 is 0.871 bits per heavy atom. The summed E-state index contributed by atoms with van der Waals surface area (Å²) < 4.78 is 0. The van der Waals surface area contributed by atoms with E-state index in [1.54, 1.807) is 30.3 Å². The first-order valence-electron chi connectivity index (χ1n) is 12.1. The van der Waals surface area contributed by atoms with Gasteiger partial charge in [-0.1, -0.05) is 108 Å². The standard InChI is InChI=1S/C18H36N2.C8H8O3/c1-3-4-5-6-7-8-9-10-11-12-13-14-15-20-17-16-19(2)18-20;9-7(8(10)11)6-4-2-1-3-5-6/h16-17H,3-15,18H2,1-2H3;1-5,7,9H,(H,10,11). The molecule has 1 aromatic rings. The van der Waals surface area contributed by atoms with E-state index in [0.717, 1.165) is 6.67 Å². The van der Waals surface area contributed by atoms with Gasteiger partial charge in [0.05, 0.1) is 6.67 Å². The first-order chi connectivity index (χ1) is 15.0. The molecule has 1 atom stereocenters. The van der Waals surface area contributed by atoms with Gasteiger partial charge in [-0.05, 0) is 12.0 Å². The summed E-state index contributed by atoms with van der Waals surface area (Å²) in [5, 5.41) is 17.4. The van der Waals surface area contributed by atoms with Gasteiger partial charge in [0, 0.05) is 26.0 Å². The third kappa shape index (κ3) is 13.8. The predicted octanol–water partition coefficient (Wildman–Crippen LogP) is 6.17. The molecule has 0 saturated carbocycles. The maximum atomic E-state index is 10.2. The summed E-state index contributed by atoms with van der Waals surface area (Å²) in [4.78, 5) is 14.9. The average Bonchev–Trinajstić information content (AvgIpc) is 3.20. The van der Waals surface area contributed by atoms with Crippen molar-refractivity contribution < 1.29 is 15.0 Å². The first kappa shape index (κ1) is 27.0. The van der Waals surface area contributed by atoms with E-state index in [2.05, 4.69) is 36.2 Å². The van der Waals surface area contributed by atoms with Crippen molar-refractivity contribution in [2.24, 2.45) is 0 Å². The second-order valence-electron chi connectivity index (χ2n) is 8.55. The van der Waals surface area contributed by atoms with Crippen LogP contribution in [0.2, 0.25) is 0 Å². The number of unbranched alkanes of at least 4 members (excludes halogenated alkanes) is 11. The third-order valence-corrected chi connectivity index (χ3v) is 5.58. The highest BCUT2D eigenvalue weighted by Gasteiger charge is 2.14. The first-order valence-corrected chi connectivity index (χ1v) is 12.1. The molecule has 1 aromatic carbocycles. The van der Waals surface area contributed by atoms with Crippen LogP contribution in [0, 0.1) is 0 Å². The highest BCUT2D eigenvalue weighted by Crippen LogP contribution is 2.13.